The fourth-order valence-corrected chi connectivity index (χ4v) is 2.45. The van der Waals surface area contributed by atoms with Crippen molar-refractivity contribution in [1.29, 1.82) is 0 Å². The van der Waals surface area contributed by atoms with Crippen molar-refractivity contribution in [3.8, 4) is 0 Å². The fourth-order valence-electron chi connectivity index (χ4n) is 2.45. The SMILES string of the molecule is CN(Cc1cccc([N+](=O)[O-])c1)C(=O)[C@@H]1CCCCN1. The average molecular weight is 277 g/mol. The van der Waals surface area contributed by atoms with Crippen molar-refractivity contribution < 1.29 is 9.72 Å². The van der Waals surface area contributed by atoms with E-state index in [0.29, 0.717) is 6.54 Å². The van der Waals surface area contributed by atoms with Crippen LogP contribution in [0.4, 0.5) is 5.69 Å². The van der Waals surface area contributed by atoms with Gasteiger partial charge in [0.25, 0.3) is 5.69 Å². The Morgan fingerprint density at radius 1 is 1.50 bits per heavy atom. The maximum Gasteiger partial charge on any atom is 0.269 e. The molecule has 1 aliphatic rings. The number of piperidine rings is 1. The number of rotatable bonds is 4. The van der Waals surface area contributed by atoms with Crippen LogP contribution in [0.15, 0.2) is 24.3 Å². The molecule has 20 heavy (non-hydrogen) atoms. The molecule has 6 heteroatoms. The minimum Gasteiger partial charge on any atom is -0.340 e. The maximum absolute atomic E-state index is 12.3. The summed E-state index contributed by atoms with van der Waals surface area (Å²) in [6, 6.07) is 6.29. The summed E-state index contributed by atoms with van der Waals surface area (Å²) in [5, 5.41) is 14.0. The van der Waals surface area contributed by atoms with Crippen molar-refractivity contribution in [2.45, 2.75) is 31.8 Å². The van der Waals surface area contributed by atoms with Crippen LogP contribution in [0.2, 0.25) is 0 Å². The summed E-state index contributed by atoms with van der Waals surface area (Å²) >= 11 is 0. The number of nitrogens with one attached hydrogen (secondary N) is 1. The summed E-state index contributed by atoms with van der Waals surface area (Å²) in [5.74, 6) is 0.0520. The molecule has 1 saturated heterocycles. The molecule has 1 atom stereocenters. The molecule has 1 aromatic rings. The van der Waals surface area contributed by atoms with Crippen molar-refractivity contribution in [3.05, 3.63) is 39.9 Å². The number of hydrogen-bond donors (Lipinski definition) is 1. The predicted octanol–water partition coefficient (Wildman–Crippen LogP) is 1.70. The number of likely N-dealkylation sites (N-methyl/N-ethyl adjacent to an activating group) is 1. The zero-order valence-electron chi connectivity index (χ0n) is 11.5. The van der Waals surface area contributed by atoms with Crippen LogP contribution in [0.25, 0.3) is 0 Å². The lowest BCUT2D eigenvalue weighted by Gasteiger charge is -2.27. The third-order valence-corrected chi connectivity index (χ3v) is 3.53. The molecule has 0 unspecified atom stereocenters. The van der Waals surface area contributed by atoms with Crippen LogP contribution in [-0.2, 0) is 11.3 Å². The molecule has 0 radical (unpaired) electrons. The van der Waals surface area contributed by atoms with Crippen molar-refractivity contribution >= 4 is 11.6 Å². The fraction of sp³-hybridized carbons (Fsp3) is 0.500. The van der Waals surface area contributed by atoms with E-state index in [2.05, 4.69) is 5.32 Å². The lowest BCUT2D eigenvalue weighted by molar-refractivity contribution is -0.384. The highest BCUT2D eigenvalue weighted by atomic mass is 16.6. The third-order valence-electron chi connectivity index (χ3n) is 3.53. The highest BCUT2D eigenvalue weighted by Gasteiger charge is 2.23. The first kappa shape index (κ1) is 14.5. The molecule has 0 aliphatic carbocycles. The van der Waals surface area contributed by atoms with Gasteiger partial charge in [0, 0.05) is 25.7 Å². The largest absolute Gasteiger partial charge is 0.340 e. The number of carbonyl (C=O) groups is 1. The third kappa shape index (κ3) is 3.54. The zero-order chi connectivity index (χ0) is 14.5. The number of hydrogen-bond acceptors (Lipinski definition) is 4. The predicted molar refractivity (Wildman–Crippen MR) is 75.2 cm³/mol. The number of carbonyl (C=O) groups excluding carboxylic acids is 1. The molecular weight excluding hydrogens is 258 g/mol. The second-order valence-electron chi connectivity index (χ2n) is 5.12. The smallest absolute Gasteiger partial charge is 0.269 e. The first-order valence-corrected chi connectivity index (χ1v) is 6.79. The Hall–Kier alpha value is -1.95. The summed E-state index contributed by atoms with van der Waals surface area (Å²) in [6.45, 7) is 1.26. The van der Waals surface area contributed by atoms with Crippen LogP contribution in [0, 0.1) is 10.1 Å². The van der Waals surface area contributed by atoms with E-state index in [9.17, 15) is 14.9 Å². The zero-order valence-corrected chi connectivity index (χ0v) is 11.5. The molecule has 1 aromatic carbocycles. The van der Waals surface area contributed by atoms with Crippen LogP contribution in [0.3, 0.4) is 0 Å². The molecule has 0 aromatic heterocycles. The number of nitro groups is 1. The molecule has 0 saturated carbocycles. The molecule has 1 N–H and O–H groups in total. The second-order valence-corrected chi connectivity index (χ2v) is 5.12. The number of non-ortho nitro benzene ring substituents is 1. The summed E-state index contributed by atoms with van der Waals surface area (Å²) in [7, 11) is 1.73. The van der Waals surface area contributed by atoms with E-state index in [1.165, 1.54) is 12.1 Å². The Morgan fingerprint density at radius 3 is 2.95 bits per heavy atom. The normalized spacial score (nSPS) is 18.6. The average Bonchev–Trinajstić information content (AvgIpc) is 2.47. The van der Waals surface area contributed by atoms with Gasteiger partial charge in [0.2, 0.25) is 5.91 Å². The van der Waals surface area contributed by atoms with Crippen molar-refractivity contribution in [3.63, 3.8) is 0 Å². The first-order chi connectivity index (χ1) is 9.58. The molecule has 0 bridgehead atoms. The van der Waals surface area contributed by atoms with Gasteiger partial charge in [0.15, 0.2) is 0 Å². The lowest BCUT2D eigenvalue weighted by Crippen LogP contribution is -2.46. The van der Waals surface area contributed by atoms with E-state index in [0.717, 1.165) is 31.4 Å². The van der Waals surface area contributed by atoms with Gasteiger partial charge in [0.05, 0.1) is 11.0 Å². The van der Waals surface area contributed by atoms with Gasteiger partial charge in [-0.1, -0.05) is 18.6 Å². The van der Waals surface area contributed by atoms with Gasteiger partial charge < -0.3 is 10.2 Å². The van der Waals surface area contributed by atoms with E-state index in [1.807, 2.05) is 0 Å². The summed E-state index contributed by atoms with van der Waals surface area (Å²) in [6.07, 6.45) is 3.03. The van der Waals surface area contributed by atoms with Gasteiger partial charge in [-0.2, -0.15) is 0 Å². The minimum absolute atomic E-state index is 0.0520. The summed E-state index contributed by atoms with van der Waals surface area (Å²) in [4.78, 5) is 24.2. The molecular formula is C14H19N3O3. The minimum atomic E-state index is -0.423. The van der Waals surface area contributed by atoms with Crippen LogP contribution in [0.1, 0.15) is 24.8 Å². The van der Waals surface area contributed by atoms with Gasteiger partial charge in [-0.05, 0) is 24.9 Å². The molecule has 0 spiro atoms. The van der Waals surface area contributed by atoms with Crippen LogP contribution < -0.4 is 5.32 Å². The number of benzene rings is 1. The molecule has 1 amide bonds. The van der Waals surface area contributed by atoms with Gasteiger partial charge in [-0.3, -0.25) is 14.9 Å². The van der Waals surface area contributed by atoms with Crippen molar-refractivity contribution in [1.82, 2.24) is 10.2 Å². The standard InChI is InChI=1S/C14H19N3O3/c1-16(14(18)13-7-2-3-8-15-13)10-11-5-4-6-12(9-11)17(19)20/h4-6,9,13,15H,2-3,7-8,10H2,1H3/t13-/m0/s1. The van der Waals surface area contributed by atoms with E-state index in [1.54, 1.807) is 24.1 Å². The Balaban J connectivity index is 1.99. The lowest BCUT2D eigenvalue weighted by atomic mass is 10.0. The van der Waals surface area contributed by atoms with Gasteiger partial charge in [-0.15, -0.1) is 0 Å². The first-order valence-electron chi connectivity index (χ1n) is 6.79. The van der Waals surface area contributed by atoms with E-state index >= 15 is 0 Å². The van der Waals surface area contributed by atoms with Crippen LogP contribution >= 0.6 is 0 Å². The molecule has 1 heterocycles. The van der Waals surface area contributed by atoms with Gasteiger partial charge in [0.1, 0.15) is 0 Å². The Bertz CT molecular complexity index is 498. The molecule has 1 fully saturated rings. The Labute approximate surface area is 117 Å². The number of amides is 1. The summed E-state index contributed by atoms with van der Waals surface area (Å²) in [5.41, 5.74) is 0.824. The second kappa shape index (κ2) is 6.47. The summed E-state index contributed by atoms with van der Waals surface area (Å²) < 4.78 is 0. The quantitative estimate of drug-likeness (QED) is 0.671. The molecule has 2 rings (SSSR count). The van der Waals surface area contributed by atoms with Crippen LogP contribution in [-0.4, -0.2) is 35.4 Å². The van der Waals surface area contributed by atoms with Crippen molar-refractivity contribution in [2.75, 3.05) is 13.6 Å². The Kier molecular flexibility index (Phi) is 4.68. The highest BCUT2D eigenvalue weighted by Crippen LogP contribution is 2.16. The number of nitro benzene ring substituents is 1. The molecule has 6 nitrogen and oxygen atoms in total. The maximum atomic E-state index is 12.3. The van der Waals surface area contributed by atoms with Gasteiger partial charge in [-0.25, -0.2) is 0 Å². The Morgan fingerprint density at radius 2 is 2.30 bits per heavy atom. The van der Waals surface area contributed by atoms with Crippen molar-refractivity contribution in [2.24, 2.45) is 0 Å². The topological polar surface area (TPSA) is 75.5 Å². The van der Waals surface area contributed by atoms with E-state index in [-0.39, 0.29) is 17.6 Å². The number of nitrogens with zero attached hydrogens (tertiary/aromatic N) is 2. The molecule has 108 valence electrons. The van der Waals surface area contributed by atoms with E-state index in [4.69, 9.17) is 0 Å². The highest BCUT2D eigenvalue weighted by molar-refractivity contribution is 5.81. The van der Waals surface area contributed by atoms with Crippen LogP contribution in [0.5, 0.6) is 0 Å². The van der Waals surface area contributed by atoms with E-state index < -0.39 is 4.92 Å². The molecule has 1 aliphatic heterocycles. The monoisotopic (exact) mass is 277 g/mol. The van der Waals surface area contributed by atoms with Gasteiger partial charge >= 0.3 is 0 Å².